The molecule has 0 aliphatic carbocycles. The van der Waals surface area contributed by atoms with Crippen molar-refractivity contribution in [2.24, 2.45) is 10.4 Å². The van der Waals surface area contributed by atoms with Crippen LogP contribution in [0.2, 0.25) is 5.02 Å². The highest BCUT2D eigenvalue weighted by Crippen LogP contribution is 2.42. The summed E-state index contributed by atoms with van der Waals surface area (Å²) in [5, 5.41) is 16.0. The van der Waals surface area contributed by atoms with E-state index in [4.69, 9.17) is 26.2 Å². The van der Waals surface area contributed by atoms with Crippen LogP contribution < -0.4 is 5.32 Å². The van der Waals surface area contributed by atoms with Gasteiger partial charge < -0.3 is 15.2 Å². The maximum atomic E-state index is 15.5. The molecule has 3 atom stereocenters. The highest BCUT2D eigenvalue weighted by atomic mass is 35.5. The lowest BCUT2D eigenvalue weighted by atomic mass is 9.89. The SMILES string of the molecule is CCOC(=O)C1=C(CN2CC(F)(F)[C@@H]3[C@H]2CON3CCC(C)(C)C(=O)O)NC(c2nccs2)=N[C@H]1c1ccc(F)cc1Cl. The second-order valence-electron chi connectivity index (χ2n) is 11.2. The van der Waals surface area contributed by atoms with Gasteiger partial charge in [0.15, 0.2) is 10.8 Å². The third kappa shape index (κ3) is 6.29. The van der Waals surface area contributed by atoms with E-state index in [9.17, 15) is 19.1 Å². The summed E-state index contributed by atoms with van der Waals surface area (Å²) >= 11 is 7.71. The van der Waals surface area contributed by atoms with Gasteiger partial charge in [-0.2, -0.15) is 5.06 Å². The van der Waals surface area contributed by atoms with Gasteiger partial charge in [-0.1, -0.05) is 17.7 Å². The van der Waals surface area contributed by atoms with Crippen LogP contribution in [0.5, 0.6) is 0 Å². The number of aromatic nitrogens is 1. The van der Waals surface area contributed by atoms with Crippen LogP contribution in [0, 0.1) is 11.2 Å². The van der Waals surface area contributed by atoms with E-state index in [0.717, 1.165) is 6.07 Å². The molecule has 0 bridgehead atoms. The van der Waals surface area contributed by atoms with Crippen LogP contribution in [0.25, 0.3) is 0 Å². The number of likely N-dealkylation sites (tertiary alicyclic amines) is 1. The highest BCUT2D eigenvalue weighted by molar-refractivity contribution is 7.11. The Labute approximate surface area is 255 Å². The minimum Gasteiger partial charge on any atom is -0.481 e. The van der Waals surface area contributed by atoms with Gasteiger partial charge in [-0.15, -0.1) is 11.3 Å². The number of hydrogen-bond acceptors (Lipinski definition) is 10. The lowest BCUT2D eigenvalue weighted by molar-refractivity contribution is -0.186. The molecule has 2 fully saturated rings. The molecule has 0 radical (unpaired) electrons. The molecule has 0 unspecified atom stereocenters. The third-order valence-corrected chi connectivity index (χ3v) is 8.92. The quantitative estimate of drug-likeness (QED) is 0.367. The molecule has 2 N–H and O–H groups in total. The van der Waals surface area contributed by atoms with Gasteiger partial charge in [0.2, 0.25) is 0 Å². The Morgan fingerprint density at radius 2 is 2.12 bits per heavy atom. The number of alkyl halides is 2. The average molecular weight is 642 g/mol. The number of aliphatic imine (C=N–C) groups is 1. The molecule has 2 saturated heterocycles. The smallest absolute Gasteiger partial charge is 0.338 e. The summed E-state index contributed by atoms with van der Waals surface area (Å²) in [7, 11) is 0. The Morgan fingerprint density at radius 1 is 1.35 bits per heavy atom. The van der Waals surface area contributed by atoms with Gasteiger partial charge in [0.05, 0.1) is 36.8 Å². The van der Waals surface area contributed by atoms with E-state index in [0.29, 0.717) is 16.4 Å². The largest absolute Gasteiger partial charge is 0.481 e. The number of benzene rings is 1. The zero-order valence-electron chi connectivity index (χ0n) is 23.7. The Kier molecular flexibility index (Phi) is 8.87. The van der Waals surface area contributed by atoms with E-state index in [2.05, 4.69) is 10.3 Å². The van der Waals surface area contributed by atoms with Crippen LogP contribution in [0.1, 0.15) is 43.8 Å². The highest BCUT2D eigenvalue weighted by Gasteiger charge is 2.61. The molecule has 1 aromatic carbocycles. The van der Waals surface area contributed by atoms with E-state index < -0.39 is 53.8 Å². The van der Waals surface area contributed by atoms with Crippen LogP contribution in [-0.2, 0) is 19.2 Å². The van der Waals surface area contributed by atoms with Crippen molar-refractivity contribution in [1.29, 1.82) is 0 Å². The first-order valence-corrected chi connectivity index (χ1v) is 14.9. The van der Waals surface area contributed by atoms with Gasteiger partial charge in [-0.3, -0.25) is 19.5 Å². The van der Waals surface area contributed by atoms with Crippen molar-refractivity contribution in [1.82, 2.24) is 20.3 Å². The number of carbonyl (C=O) groups excluding carboxylic acids is 1. The predicted molar refractivity (Wildman–Crippen MR) is 152 cm³/mol. The summed E-state index contributed by atoms with van der Waals surface area (Å²) in [5.74, 6) is -5.22. The molecule has 15 heteroatoms. The van der Waals surface area contributed by atoms with Crippen molar-refractivity contribution < 1.29 is 37.4 Å². The molecule has 1 aromatic heterocycles. The number of nitrogens with zero attached hydrogens (tertiary/aromatic N) is 4. The molecule has 5 rings (SSSR count). The summed E-state index contributed by atoms with van der Waals surface area (Å²) in [5.41, 5.74) is -0.463. The third-order valence-electron chi connectivity index (χ3n) is 7.81. The fourth-order valence-electron chi connectivity index (χ4n) is 5.46. The summed E-state index contributed by atoms with van der Waals surface area (Å²) in [6.07, 6.45) is 1.69. The van der Waals surface area contributed by atoms with E-state index in [1.54, 1.807) is 18.5 Å². The zero-order chi connectivity index (χ0) is 31.1. The lowest BCUT2D eigenvalue weighted by Crippen LogP contribution is -2.46. The number of esters is 1. The lowest BCUT2D eigenvalue weighted by Gasteiger charge is -2.30. The summed E-state index contributed by atoms with van der Waals surface area (Å²) in [6, 6.07) is 0.635. The first-order chi connectivity index (χ1) is 20.3. The van der Waals surface area contributed by atoms with Gasteiger partial charge >= 0.3 is 11.9 Å². The molecule has 4 heterocycles. The van der Waals surface area contributed by atoms with E-state index >= 15 is 8.78 Å². The Balaban J connectivity index is 1.50. The fourth-order valence-corrected chi connectivity index (χ4v) is 6.32. The topological polar surface area (TPSA) is 117 Å². The predicted octanol–water partition coefficient (Wildman–Crippen LogP) is 4.28. The number of hydroxylamine groups is 2. The number of aliphatic carboxylic acids is 1. The van der Waals surface area contributed by atoms with Gasteiger partial charge in [0.1, 0.15) is 17.9 Å². The number of fused-ring (bicyclic) bond motifs is 1. The number of thiazole rings is 1. The first kappa shape index (κ1) is 31.4. The van der Waals surface area contributed by atoms with Gasteiger partial charge in [0.25, 0.3) is 5.92 Å². The molecule has 2 aromatic rings. The Morgan fingerprint density at radius 3 is 2.77 bits per heavy atom. The summed E-state index contributed by atoms with van der Waals surface area (Å²) in [4.78, 5) is 41.2. The number of rotatable bonds is 10. The number of carbonyl (C=O) groups is 2. The normalized spacial score (nSPS) is 24.1. The van der Waals surface area contributed by atoms with Crippen molar-refractivity contribution in [2.45, 2.75) is 51.2 Å². The Bertz CT molecular complexity index is 1450. The monoisotopic (exact) mass is 641 g/mol. The van der Waals surface area contributed by atoms with Crippen LogP contribution in [0.3, 0.4) is 0 Å². The maximum Gasteiger partial charge on any atom is 0.338 e. The summed E-state index contributed by atoms with van der Waals surface area (Å²) < 4.78 is 50.4. The average Bonchev–Trinajstić information content (AvgIpc) is 3.66. The van der Waals surface area contributed by atoms with Crippen molar-refractivity contribution >= 4 is 40.7 Å². The molecule has 43 heavy (non-hydrogen) atoms. The van der Waals surface area contributed by atoms with Gasteiger partial charge in [0, 0.05) is 40.9 Å². The van der Waals surface area contributed by atoms with Crippen LogP contribution >= 0.6 is 22.9 Å². The van der Waals surface area contributed by atoms with Crippen molar-refractivity contribution in [3.05, 3.63) is 62.5 Å². The van der Waals surface area contributed by atoms with Gasteiger partial charge in [-0.25, -0.2) is 22.9 Å². The molecule has 10 nitrogen and oxygen atoms in total. The van der Waals surface area contributed by atoms with E-state index in [1.165, 1.54) is 47.3 Å². The van der Waals surface area contributed by atoms with E-state index in [1.807, 2.05) is 0 Å². The number of ether oxygens (including phenoxy) is 1. The number of amidine groups is 1. The van der Waals surface area contributed by atoms with Crippen molar-refractivity contribution in [3.63, 3.8) is 0 Å². The van der Waals surface area contributed by atoms with Crippen molar-refractivity contribution in [3.8, 4) is 0 Å². The molecule has 3 aliphatic rings. The van der Waals surface area contributed by atoms with E-state index in [-0.39, 0.29) is 49.0 Å². The molecular formula is C28H31ClF3N5O5S. The molecule has 232 valence electrons. The Hall–Kier alpha value is -3.04. The van der Waals surface area contributed by atoms with Gasteiger partial charge in [-0.05, 0) is 39.3 Å². The van der Waals surface area contributed by atoms with Crippen molar-refractivity contribution in [2.75, 3.05) is 32.8 Å². The molecule has 0 spiro atoms. The number of nitrogens with one attached hydrogen (secondary N) is 1. The first-order valence-electron chi connectivity index (χ1n) is 13.7. The van der Waals surface area contributed by atoms with Crippen LogP contribution in [0.4, 0.5) is 13.2 Å². The van der Waals surface area contributed by atoms with Crippen LogP contribution in [-0.4, -0.2) is 88.7 Å². The molecule has 3 aliphatic heterocycles. The van der Waals surface area contributed by atoms with Crippen LogP contribution in [0.15, 0.2) is 46.0 Å². The number of hydrogen-bond donors (Lipinski definition) is 2. The standard InChI is InChI=1S/C28H31ClF3N5O5S/c1-4-41-25(38)20-18(34-23(24-33-8-10-43-24)35-21(20)16-6-5-15(30)11-17(16)29)12-36-14-28(31,32)22-19(36)13-42-37(22)9-7-27(2,3)26(39)40/h5-6,8,10-11,19,21-22H,4,7,9,12-14H2,1-3H3,(H,34,35)(H,39,40)/t19-,21+,22+/m1/s1. The molecule has 0 saturated carbocycles. The molecule has 0 amide bonds. The minimum absolute atomic E-state index is 0.00487. The fraction of sp³-hybridized carbons (Fsp3) is 0.500. The zero-order valence-corrected chi connectivity index (χ0v) is 25.2. The molecular weight excluding hydrogens is 611 g/mol. The maximum absolute atomic E-state index is 15.5. The number of carboxylic acids is 1. The summed E-state index contributed by atoms with van der Waals surface area (Å²) in [6.45, 7) is 3.96. The minimum atomic E-state index is -3.19. The number of carboxylic acid groups (broad SMARTS) is 1. The second-order valence-corrected chi connectivity index (χ2v) is 12.5. The second kappa shape index (κ2) is 12.2. The number of halogens is 4.